The van der Waals surface area contributed by atoms with Gasteiger partial charge in [0.05, 0.1) is 6.04 Å². The number of nitrogens with zero attached hydrogens (tertiary/aromatic N) is 4. The van der Waals surface area contributed by atoms with E-state index in [2.05, 4.69) is 20.4 Å². The van der Waals surface area contributed by atoms with E-state index in [1.54, 1.807) is 0 Å². The molecular weight excluding hydrogens is 356 g/mol. The summed E-state index contributed by atoms with van der Waals surface area (Å²) in [6, 6.07) is 0.0201. The molecule has 1 aromatic rings. The molecular formula is C17H27ClN6O2. The monoisotopic (exact) mass is 382 g/mol. The molecule has 3 aliphatic rings. The minimum absolute atomic E-state index is 0. The molecule has 0 bridgehead atoms. The largest absolute Gasteiger partial charge is 0.338 e. The minimum Gasteiger partial charge on any atom is -0.338 e. The SMILES string of the molecule is CN1CCCC1C(=O)N1CCN(C(=O)c2n[nH]c3c2CNCC3)CC1.Cl. The quantitative estimate of drug-likeness (QED) is 0.743. The topological polar surface area (TPSA) is 84.6 Å². The van der Waals surface area contributed by atoms with E-state index in [0.717, 1.165) is 43.6 Å². The summed E-state index contributed by atoms with van der Waals surface area (Å²) in [4.78, 5) is 31.4. The van der Waals surface area contributed by atoms with Crippen LogP contribution in [0.4, 0.5) is 0 Å². The van der Waals surface area contributed by atoms with Gasteiger partial charge in [0, 0.05) is 56.9 Å². The maximum absolute atomic E-state index is 12.8. The van der Waals surface area contributed by atoms with Gasteiger partial charge in [-0.05, 0) is 26.4 Å². The third-order valence-electron chi connectivity index (χ3n) is 5.69. The third kappa shape index (κ3) is 3.45. The zero-order chi connectivity index (χ0) is 17.4. The summed E-state index contributed by atoms with van der Waals surface area (Å²) in [5.41, 5.74) is 2.61. The van der Waals surface area contributed by atoms with Gasteiger partial charge < -0.3 is 15.1 Å². The van der Waals surface area contributed by atoms with E-state index >= 15 is 0 Å². The van der Waals surface area contributed by atoms with E-state index in [0.29, 0.717) is 38.4 Å². The van der Waals surface area contributed by atoms with Crippen molar-refractivity contribution in [3.8, 4) is 0 Å². The van der Waals surface area contributed by atoms with Gasteiger partial charge in [0.2, 0.25) is 5.91 Å². The van der Waals surface area contributed by atoms with Gasteiger partial charge in [-0.1, -0.05) is 0 Å². The molecule has 4 rings (SSSR count). The van der Waals surface area contributed by atoms with Gasteiger partial charge in [0.15, 0.2) is 5.69 Å². The Morgan fingerprint density at radius 3 is 2.54 bits per heavy atom. The molecule has 2 N–H and O–H groups in total. The minimum atomic E-state index is -0.0220. The summed E-state index contributed by atoms with van der Waals surface area (Å²) < 4.78 is 0. The number of likely N-dealkylation sites (tertiary alicyclic amines) is 1. The number of piperazine rings is 1. The molecule has 3 aliphatic heterocycles. The zero-order valence-electron chi connectivity index (χ0n) is 15.2. The highest BCUT2D eigenvalue weighted by Crippen LogP contribution is 2.20. The van der Waals surface area contributed by atoms with Crippen molar-refractivity contribution in [1.82, 2.24) is 30.2 Å². The van der Waals surface area contributed by atoms with Gasteiger partial charge in [-0.2, -0.15) is 5.10 Å². The summed E-state index contributed by atoms with van der Waals surface area (Å²) >= 11 is 0. The first-order valence-corrected chi connectivity index (χ1v) is 9.20. The average molecular weight is 383 g/mol. The molecule has 0 aromatic carbocycles. The standard InChI is InChI=1S/C17H26N6O2.ClH/c1-21-6-2-3-14(21)16(24)22-7-9-23(10-8-22)17(25)15-12-11-18-5-4-13(12)19-20-15;/h14,18H,2-11H2,1H3,(H,19,20);1H. The molecule has 9 heteroatoms. The highest BCUT2D eigenvalue weighted by atomic mass is 35.5. The summed E-state index contributed by atoms with van der Waals surface area (Å²) in [7, 11) is 2.02. The van der Waals surface area contributed by atoms with Crippen LogP contribution in [-0.2, 0) is 17.8 Å². The van der Waals surface area contributed by atoms with Crippen LogP contribution in [0.2, 0.25) is 0 Å². The van der Waals surface area contributed by atoms with Crippen LogP contribution in [0.15, 0.2) is 0 Å². The number of rotatable bonds is 2. The number of fused-ring (bicyclic) bond motifs is 1. The number of carbonyl (C=O) groups is 2. The molecule has 8 nitrogen and oxygen atoms in total. The van der Waals surface area contributed by atoms with E-state index < -0.39 is 0 Å². The Bertz CT molecular complexity index is 670. The molecule has 0 saturated carbocycles. The Labute approximate surface area is 159 Å². The van der Waals surface area contributed by atoms with Crippen LogP contribution in [0.5, 0.6) is 0 Å². The fraction of sp³-hybridized carbons (Fsp3) is 0.706. The highest BCUT2D eigenvalue weighted by Gasteiger charge is 2.34. The number of hydrogen-bond acceptors (Lipinski definition) is 5. The number of aromatic amines is 1. The molecule has 2 fully saturated rings. The molecule has 1 atom stereocenters. The van der Waals surface area contributed by atoms with Crippen LogP contribution in [0.25, 0.3) is 0 Å². The smallest absolute Gasteiger partial charge is 0.274 e. The Morgan fingerprint density at radius 2 is 1.85 bits per heavy atom. The van der Waals surface area contributed by atoms with Crippen LogP contribution >= 0.6 is 12.4 Å². The van der Waals surface area contributed by atoms with Crippen molar-refractivity contribution in [2.45, 2.75) is 31.8 Å². The van der Waals surface area contributed by atoms with Crippen molar-refractivity contribution in [2.75, 3.05) is 46.3 Å². The first-order chi connectivity index (χ1) is 12.1. The van der Waals surface area contributed by atoms with Gasteiger partial charge in [-0.25, -0.2) is 0 Å². The average Bonchev–Trinajstić information content (AvgIpc) is 3.27. The number of H-pyrrole nitrogens is 1. The normalized spacial score (nSPS) is 23.5. The van der Waals surface area contributed by atoms with Crippen LogP contribution in [0, 0.1) is 0 Å². The Hall–Kier alpha value is -1.64. The number of amides is 2. The van der Waals surface area contributed by atoms with Crippen molar-refractivity contribution < 1.29 is 9.59 Å². The molecule has 2 saturated heterocycles. The lowest BCUT2D eigenvalue weighted by atomic mass is 10.1. The maximum atomic E-state index is 12.8. The van der Waals surface area contributed by atoms with Crippen molar-refractivity contribution in [3.05, 3.63) is 17.0 Å². The van der Waals surface area contributed by atoms with Gasteiger partial charge >= 0.3 is 0 Å². The van der Waals surface area contributed by atoms with Crippen LogP contribution in [-0.4, -0.2) is 89.1 Å². The fourth-order valence-electron chi connectivity index (χ4n) is 4.11. The lowest BCUT2D eigenvalue weighted by molar-refractivity contribution is -0.137. The van der Waals surface area contributed by atoms with E-state index in [1.165, 1.54) is 0 Å². The van der Waals surface area contributed by atoms with Crippen LogP contribution in [0.1, 0.15) is 34.6 Å². The van der Waals surface area contributed by atoms with Crippen molar-refractivity contribution in [1.29, 1.82) is 0 Å². The van der Waals surface area contributed by atoms with Gasteiger partial charge in [-0.3, -0.25) is 19.6 Å². The van der Waals surface area contributed by atoms with Crippen molar-refractivity contribution >= 4 is 24.2 Å². The maximum Gasteiger partial charge on any atom is 0.274 e. The lowest BCUT2D eigenvalue weighted by Gasteiger charge is -2.36. The number of hydrogen-bond donors (Lipinski definition) is 2. The molecule has 1 aromatic heterocycles. The van der Waals surface area contributed by atoms with Gasteiger partial charge in [0.1, 0.15) is 0 Å². The summed E-state index contributed by atoms with van der Waals surface area (Å²) in [5.74, 6) is 0.194. The van der Waals surface area contributed by atoms with Crippen molar-refractivity contribution in [2.24, 2.45) is 0 Å². The zero-order valence-corrected chi connectivity index (χ0v) is 16.0. The number of halogens is 1. The highest BCUT2D eigenvalue weighted by molar-refractivity contribution is 5.94. The van der Waals surface area contributed by atoms with E-state index in [1.807, 2.05) is 16.8 Å². The first kappa shape index (κ1) is 19.1. The number of aromatic nitrogens is 2. The molecule has 2 amide bonds. The lowest BCUT2D eigenvalue weighted by Crippen LogP contribution is -2.54. The Kier molecular flexibility index (Phi) is 5.84. The molecule has 0 radical (unpaired) electrons. The second kappa shape index (κ2) is 7.94. The Morgan fingerprint density at radius 1 is 1.12 bits per heavy atom. The predicted octanol–water partition coefficient (Wildman–Crippen LogP) is -0.144. The van der Waals surface area contributed by atoms with Gasteiger partial charge in [-0.15, -0.1) is 12.4 Å². The Balaban J connectivity index is 0.00000196. The number of nitrogens with one attached hydrogen (secondary N) is 2. The molecule has 144 valence electrons. The number of carbonyl (C=O) groups excluding carboxylic acids is 2. The van der Waals surface area contributed by atoms with Crippen LogP contribution in [0.3, 0.4) is 0 Å². The molecule has 4 heterocycles. The first-order valence-electron chi connectivity index (χ1n) is 9.20. The van der Waals surface area contributed by atoms with E-state index in [-0.39, 0.29) is 30.3 Å². The predicted molar refractivity (Wildman–Crippen MR) is 99.4 cm³/mol. The fourth-order valence-corrected chi connectivity index (χ4v) is 4.11. The third-order valence-corrected chi connectivity index (χ3v) is 5.69. The second-order valence-corrected chi connectivity index (χ2v) is 7.21. The molecule has 0 spiro atoms. The summed E-state index contributed by atoms with van der Waals surface area (Å²) in [6.07, 6.45) is 2.91. The summed E-state index contributed by atoms with van der Waals surface area (Å²) in [6.45, 7) is 4.98. The molecule has 1 unspecified atom stereocenters. The second-order valence-electron chi connectivity index (χ2n) is 7.21. The summed E-state index contributed by atoms with van der Waals surface area (Å²) in [5, 5.41) is 10.6. The van der Waals surface area contributed by atoms with E-state index in [4.69, 9.17) is 0 Å². The molecule has 26 heavy (non-hydrogen) atoms. The van der Waals surface area contributed by atoms with Crippen LogP contribution < -0.4 is 5.32 Å². The molecule has 0 aliphatic carbocycles. The number of likely N-dealkylation sites (N-methyl/N-ethyl adjacent to an activating group) is 1. The van der Waals surface area contributed by atoms with Gasteiger partial charge in [0.25, 0.3) is 5.91 Å². The van der Waals surface area contributed by atoms with Crippen molar-refractivity contribution in [3.63, 3.8) is 0 Å². The van der Waals surface area contributed by atoms with E-state index in [9.17, 15) is 9.59 Å².